The summed E-state index contributed by atoms with van der Waals surface area (Å²) in [6, 6.07) is 22.2. The van der Waals surface area contributed by atoms with Gasteiger partial charge in [0.05, 0.1) is 22.0 Å². The molecule has 0 saturated heterocycles. The van der Waals surface area contributed by atoms with Gasteiger partial charge in [0.2, 0.25) is 0 Å². The second kappa shape index (κ2) is 6.40. The first-order chi connectivity index (χ1) is 10.7. The van der Waals surface area contributed by atoms with Gasteiger partial charge < -0.3 is 0 Å². The number of rotatable bonds is 3. The zero-order valence-electron chi connectivity index (χ0n) is 11.8. The number of benzene rings is 3. The normalized spacial score (nSPS) is 12.0. The van der Waals surface area contributed by atoms with E-state index in [2.05, 4.69) is 30.3 Å². The van der Waals surface area contributed by atoms with Crippen LogP contribution in [0.15, 0.2) is 60.7 Å². The summed E-state index contributed by atoms with van der Waals surface area (Å²) in [4.78, 5) is 0. The molecular formula is C19H13Cl2N. The summed E-state index contributed by atoms with van der Waals surface area (Å²) in [6.45, 7) is 0. The smallest absolute Gasteiger partial charge is 0.0753 e. The van der Waals surface area contributed by atoms with Crippen molar-refractivity contribution in [3.8, 4) is 6.07 Å². The minimum atomic E-state index is -0.249. The molecule has 1 atom stereocenters. The van der Waals surface area contributed by atoms with E-state index in [1.54, 1.807) is 12.1 Å². The Balaban J connectivity index is 1.98. The predicted octanol–water partition coefficient (Wildman–Crippen LogP) is 6.00. The Hall–Kier alpha value is -2.01. The first kappa shape index (κ1) is 14.9. The molecule has 3 heteroatoms. The molecule has 0 heterocycles. The number of hydrogen-bond acceptors (Lipinski definition) is 1. The van der Waals surface area contributed by atoms with Gasteiger partial charge >= 0.3 is 0 Å². The predicted molar refractivity (Wildman–Crippen MR) is 92.5 cm³/mol. The second-order valence-electron chi connectivity index (χ2n) is 5.20. The van der Waals surface area contributed by atoms with Crippen molar-refractivity contribution in [3.05, 3.63) is 81.8 Å². The van der Waals surface area contributed by atoms with Crippen LogP contribution < -0.4 is 0 Å². The third-order valence-corrected chi connectivity index (χ3v) is 4.54. The Morgan fingerprint density at radius 3 is 2.45 bits per heavy atom. The van der Waals surface area contributed by atoms with Crippen LogP contribution in [0.25, 0.3) is 10.8 Å². The van der Waals surface area contributed by atoms with E-state index in [4.69, 9.17) is 23.2 Å². The third kappa shape index (κ3) is 2.95. The van der Waals surface area contributed by atoms with E-state index in [-0.39, 0.29) is 5.92 Å². The standard InChI is InChI=1S/C19H13Cl2N/c20-18-9-8-14(11-19(18)21)16(12-22)10-15-6-3-5-13-4-1-2-7-17(13)15/h1-9,11,16H,10H2. The lowest BCUT2D eigenvalue weighted by Gasteiger charge is -2.12. The molecule has 0 aliphatic rings. The Morgan fingerprint density at radius 1 is 0.909 bits per heavy atom. The minimum absolute atomic E-state index is 0.249. The highest BCUT2D eigenvalue weighted by atomic mass is 35.5. The van der Waals surface area contributed by atoms with Crippen molar-refractivity contribution < 1.29 is 0 Å². The number of hydrogen-bond donors (Lipinski definition) is 0. The van der Waals surface area contributed by atoms with E-state index >= 15 is 0 Å². The summed E-state index contributed by atoms with van der Waals surface area (Å²) in [5.74, 6) is -0.249. The van der Waals surface area contributed by atoms with E-state index in [9.17, 15) is 5.26 Å². The highest BCUT2D eigenvalue weighted by Crippen LogP contribution is 2.30. The lowest BCUT2D eigenvalue weighted by atomic mass is 9.91. The van der Waals surface area contributed by atoms with Gasteiger partial charge in [-0.05, 0) is 40.5 Å². The first-order valence-corrected chi connectivity index (χ1v) is 7.76. The Labute approximate surface area is 139 Å². The summed E-state index contributed by atoms with van der Waals surface area (Å²) < 4.78 is 0. The van der Waals surface area contributed by atoms with Crippen molar-refractivity contribution in [2.45, 2.75) is 12.3 Å². The van der Waals surface area contributed by atoms with Gasteiger partial charge in [-0.2, -0.15) is 5.26 Å². The van der Waals surface area contributed by atoms with E-state index in [0.717, 1.165) is 11.1 Å². The van der Waals surface area contributed by atoms with Crippen molar-refractivity contribution in [2.24, 2.45) is 0 Å². The van der Waals surface area contributed by atoms with Crippen molar-refractivity contribution in [1.29, 1.82) is 5.26 Å². The molecule has 0 amide bonds. The molecule has 0 fully saturated rings. The molecule has 0 aliphatic carbocycles. The molecule has 22 heavy (non-hydrogen) atoms. The maximum Gasteiger partial charge on any atom is 0.0753 e. The molecule has 108 valence electrons. The molecular weight excluding hydrogens is 313 g/mol. The van der Waals surface area contributed by atoms with Crippen LogP contribution in [0.5, 0.6) is 0 Å². The molecule has 0 radical (unpaired) electrons. The monoisotopic (exact) mass is 325 g/mol. The number of nitrogens with zero attached hydrogens (tertiary/aromatic N) is 1. The Kier molecular flexibility index (Phi) is 4.34. The van der Waals surface area contributed by atoms with Crippen LogP contribution in [0, 0.1) is 11.3 Å². The largest absolute Gasteiger partial charge is 0.198 e. The molecule has 1 nitrogen and oxygen atoms in total. The van der Waals surface area contributed by atoms with E-state index < -0.39 is 0 Å². The van der Waals surface area contributed by atoms with Crippen LogP contribution in [0.2, 0.25) is 10.0 Å². The highest BCUT2D eigenvalue weighted by Gasteiger charge is 2.14. The lowest BCUT2D eigenvalue weighted by molar-refractivity contribution is 0.855. The molecule has 0 bridgehead atoms. The lowest BCUT2D eigenvalue weighted by Crippen LogP contribution is -2.01. The quantitative estimate of drug-likeness (QED) is 0.579. The summed E-state index contributed by atoms with van der Waals surface area (Å²) in [5.41, 5.74) is 2.06. The van der Waals surface area contributed by atoms with Crippen LogP contribution in [0.4, 0.5) is 0 Å². The molecule has 0 aromatic heterocycles. The number of fused-ring (bicyclic) bond motifs is 1. The minimum Gasteiger partial charge on any atom is -0.198 e. The molecule has 0 saturated carbocycles. The zero-order chi connectivity index (χ0) is 15.5. The van der Waals surface area contributed by atoms with E-state index in [1.165, 1.54) is 10.8 Å². The van der Waals surface area contributed by atoms with Crippen molar-refractivity contribution in [3.63, 3.8) is 0 Å². The van der Waals surface area contributed by atoms with Crippen LogP contribution in [0.3, 0.4) is 0 Å². The van der Waals surface area contributed by atoms with Gasteiger partial charge in [-0.1, -0.05) is 71.7 Å². The summed E-state index contributed by atoms with van der Waals surface area (Å²) in [5, 5.41) is 12.9. The van der Waals surface area contributed by atoms with Crippen molar-refractivity contribution in [2.75, 3.05) is 0 Å². The zero-order valence-corrected chi connectivity index (χ0v) is 13.3. The van der Waals surface area contributed by atoms with E-state index in [1.807, 2.05) is 24.3 Å². The van der Waals surface area contributed by atoms with Gasteiger partial charge in [0.15, 0.2) is 0 Å². The van der Waals surface area contributed by atoms with Crippen LogP contribution in [-0.2, 0) is 6.42 Å². The SMILES string of the molecule is N#CC(Cc1cccc2ccccc12)c1ccc(Cl)c(Cl)c1. The van der Waals surface area contributed by atoms with Gasteiger partial charge in [-0.3, -0.25) is 0 Å². The second-order valence-corrected chi connectivity index (χ2v) is 6.01. The number of halogens is 2. The van der Waals surface area contributed by atoms with Crippen LogP contribution in [-0.4, -0.2) is 0 Å². The van der Waals surface area contributed by atoms with Gasteiger partial charge in [-0.25, -0.2) is 0 Å². The number of nitriles is 1. The van der Waals surface area contributed by atoms with Crippen LogP contribution >= 0.6 is 23.2 Å². The molecule has 3 aromatic rings. The van der Waals surface area contributed by atoms with Gasteiger partial charge in [-0.15, -0.1) is 0 Å². The van der Waals surface area contributed by atoms with Crippen molar-refractivity contribution in [1.82, 2.24) is 0 Å². The summed E-state index contributed by atoms with van der Waals surface area (Å²) in [7, 11) is 0. The highest BCUT2D eigenvalue weighted by molar-refractivity contribution is 6.42. The summed E-state index contributed by atoms with van der Waals surface area (Å²) >= 11 is 12.0. The molecule has 3 aromatic carbocycles. The Bertz CT molecular complexity index is 859. The fourth-order valence-electron chi connectivity index (χ4n) is 2.66. The fourth-order valence-corrected chi connectivity index (χ4v) is 2.96. The van der Waals surface area contributed by atoms with Gasteiger partial charge in [0.1, 0.15) is 0 Å². The maximum atomic E-state index is 9.55. The van der Waals surface area contributed by atoms with Crippen LogP contribution in [0.1, 0.15) is 17.0 Å². The average molecular weight is 326 g/mol. The molecule has 0 N–H and O–H groups in total. The molecule has 0 spiro atoms. The summed E-state index contributed by atoms with van der Waals surface area (Å²) in [6.07, 6.45) is 0.649. The first-order valence-electron chi connectivity index (χ1n) is 7.00. The average Bonchev–Trinajstić information content (AvgIpc) is 2.55. The van der Waals surface area contributed by atoms with Crippen molar-refractivity contribution >= 4 is 34.0 Å². The molecule has 0 aliphatic heterocycles. The Morgan fingerprint density at radius 2 is 1.68 bits per heavy atom. The third-order valence-electron chi connectivity index (χ3n) is 3.81. The fraction of sp³-hybridized carbons (Fsp3) is 0.105. The van der Waals surface area contributed by atoms with Gasteiger partial charge in [0, 0.05) is 0 Å². The topological polar surface area (TPSA) is 23.8 Å². The molecule has 1 unspecified atom stereocenters. The van der Waals surface area contributed by atoms with Gasteiger partial charge in [0.25, 0.3) is 0 Å². The maximum absolute atomic E-state index is 9.55. The molecule has 3 rings (SSSR count). The van der Waals surface area contributed by atoms with E-state index in [0.29, 0.717) is 16.5 Å².